The van der Waals surface area contributed by atoms with E-state index in [0.717, 1.165) is 17.8 Å². The molecule has 0 saturated carbocycles. The summed E-state index contributed by atoms with van der Waals surface area (Å²) in [4.78, 5) is 24.0. The Morgan fingerprint density at radius 2 is 2.07 bits per heavy atom. The van der Waals surface area contributed by atoms with Crippen LogP contribution in [0.4, 0.5) is 11.6 Å². The average molecular weight is 402 g/mol. The van der Waals surface area contributed by atoms with Crippen molar-refractivity contribution in [1.82, 2.24) is 34.4 Å². The molecule has 0 unspecified atom stereocenters. The smallest absolute Gasteiger partial charge is 0.177 e. The van der Waals surface area contributed by atoms with Gasteiger partial charge in [-0.25, -0.2) is 24.9 Å². The third-order valence-corrected chi connectivity index (χ3v) is 5.33. The van der Waals surface area contributed by atoms with Gasteiger partial charge >= 0.3 is 0 Å². The van der Waals surface area contributed by atoms with Crippen molar-refractivity contribution < 1.29 is 4.74 Å². The normalized spacial score (nSPS) is 16.8. The van der Waals surface area contributed by atoms with Crippen LogP contribution in [0, 0.1) is 0 Å². The molecule has 0 amide bonds. The van der Waals surface area contributed by atoms with Gasteiger partial charge in [0.25, 0.3) is 0 Å². The highest BCUT2D eigenvalue weighted by atomic mass is 16.5. The van der Waals surface area contributed by atoms with Crippen LogP contribution in [0.3, 0.4) is 0 Å². The summed E-state index contributed by atoms with van der Waals surface area (Å²) < 4.78 is 7.78. The number of ether oxygens (including phenoxy) is 1. The second-order valence-electron chi connectivity index (χ2n) is 7.31. The van der Waals surface area contributed by atoms with Gasteiger partial charge in [0.05, 0.1) is 11.7 Å². The summed E-state index contributed by atoms with van der Waals surface area (Å²) in [7, 11) is 2.14. The van der Waals surface area contributed by atoms with E-state index in [0.29, 0.717) is 35.7 Å². The lowest BCUT2D eigenvalue weighted by Crippen LogP contribution is -2.30. The molecular formula is C21H22N8O. The molecule has 4 aromatic rings. The molecule has 152 valence electrons. The fourth-order valence-corrected chi connectivity index (χ4v) is 3.63. The van der Waals surface area contributed by atoms with Crippen molar-refractivity contribution in [3.05, 3.63) is 55.4 Å². The summed E-state index contributed by atoms with van der Waals surface area (Å²) in [5.41, 5.74) is 1.56. The molecule has 1 fully saturated rings. The number of hydrogen-bond donors (Lipinski definition) is 1. The predicted molar refractivity (Wildman–Crippen MR) is 113 cm³/mol. The average Bonchev–Trinajstić information content (AvgIpc) is 3.39. The van der Waals surface area contributed by atoms with Gasteiger partial charge in [-0.3, -0.25) is 4.57 Å². The van der Waals surface area contributed by atoms with E-state index >= 15 is 0 Å². The van der Waals surface area contributed by atoms with Gasteiger partial charge in [0.1, 0.15) is 42.5 Å². The van der Waals surface area contributed by atoms with Crippen LogP contribution in [0.5, 0.6) is 5.75 Å². The van der Waals surface area contributed by atoms with Crippen LogP contribution >= 0.6 is 0 Å². The van der Waals surface area contributed by atoms with Crippen molar-refractivity contribution in [3.63, 3.8) is 0 Å². The Morgan fingerprint density at radius 3 is 2.90 bits per heavy atom. The number of likely N-dealkylation sites (tertiary alicyclic amines) is 1. The number of nitrogens with zero attached hydrogens (tertiary/aromatic N) is 7. The lowest BCUT2D eigenvalue weighted by molar-refractivity contribution is 0.198. The molecule has 5 rings (SSSR count). The number of rotatable bonds is 6. The summed E-state index contributed by atoms with van der Waals surface area (Å²) in [5, 5.41) is 3.21. The molecule has 4 aromatic heterocycles. The quantitative estimate of drug-likeness (QED) is 0.526. The molecule has 1 atom stereocenters. The zero-order chi connectivity index (χ0) is 20.3. The van der Waals surface area contributed by atoms with Crippen molar-refractivity contribution in [3.8, 4) is 11.6 Å². The van der Waals surface area contributed by atoms with Crippen molar-refractivity contribution in [2.45, 2.75) is 18.9 Å². The maximum atomic E-state index is 5.90. The highest BCUT2D eigenvalue weighted by Gasteiger charge is 2.21. The zero-order valence-electron chi connectivity index (χ0n) is 16.6. The SMILES string of the molecule is CN1CCC[C@H]1COc1ccc(Nc2cc(-n3cnc4ncccc43)ncn2)nc1. The van der Waals surface area contributed by atoms with Crippen LogP contribution in [0.2, 0.25) is 0 Å². The van der Waals surface area contributed by atoms with Gasteiger partial charge in [0, 0.05) is 18.3 Å². The molecule has 1 N–H and O–H groups in total. The number of imidazole rings is 1. The standard InChI is InChI=1S/C21H22N8O/c1-28-9-3-4-15(28)12-30-16-6-7-18(23-11-16)27-19-10-20(25-13-24-19)29-14-26-21-17(29)5-2-8-22-21/h2,5-8,10-11,13-15H,3-4,9,12H2,1H3,(H,23,24,25,27)/t15-/m0/s1. The molecule has 5 heterocycles. The molecule has 9 nitrogen and oxygen atoms in total. The first-order chi connectivity index (χ1) is 14.8. The fraction of sp³-hybridized carbons (Fsp3) is 0.286. The molecule has 0 aromatic carbocycles. The second kappa shape index (κ2) is 8.03. The maximum Gasteiger partial charge on any atom is 0.177 e. The molecule has 0 spiro atoms. The predicted octanol–water partition coefficient (Wildman–Crippen LogP) is 2.82. The minimum Gasteiger partial charge on any atom is -0.490 e. The molecule has 9 heteroatoms. The van der Waals surface area contributed by atoms with Crippen molar-refractivity contribution in [2.24, 2.45) is 0 Å². The van der Waals surface area contributed by atoms with Gasteiger partial charge in [-0.2, -0.15) is 0 Å². The topological polar surface area (TPSA) is 93.9 Å². The van der Waals surface area contributed by atoms with Crippen LogP contribution in [-0.4, -0.2) is 60.6 Å². The van der Waals surface area contributed by atoms with Gasteiger partial charge in [0.2, 0.25) is 0 Å². The van der Waals surface area contributed by atoms with Crippen LogP contribution in [0.15, 0.2) is 55.4 Å². The lowest BCUT2D eigenvalue weighted by atomic mass is 10.2. The molecule has 1 aliphatic rings. The summed E-state index contributed by atoms with van der Waals surface area (Å²) in [6, 6.07) is 9.95. The monoisotopic (exact) mass is 402 g/mol. The Hall–Kier alpha value is -3.59. The van der Waals surface area contributed by atoms with E-state index in [2.05, 4.69) is 42.2 Å². The highest BCUT2D eigenvalue weighted by Crippen LogP contribution is 2.21. The van der Waals surface area contributed by atoms with Crippen molar-refractivity contribution in [2.75, 3.05) is 25.5 Å². The first-order valence-corrected chi connectivity index (χ1v) is 9.93. The lowest BCUT2D eigenvalue weighted by Gasteiger charge is -2.19. The Kier molecular flexibility index (Phi) is 4.94. The number of likely N-dealkylation sites (N-methyl/N-ethyl adjacent to an activating group) is 1. The van der Waals surface area contributed by atoms with Gasteiger partial charge in [-0.1, -0.05) is 0 Å². The van der Waals surface area contributed by atoms with Gasteiger partial charge in [-0.15, -0.1) is 0 Å². The largest absolute Gasteiger partial charge is 0.490 e. The van der Waals surface area contributed by atoms with Gasteiger partial charge in [0.15, 0.2) is 5.65 Å². The number of fused-ring (bicyclic) bond motifs is 1. The summed E-state index contributed by atoms with van der Waals surface area (Å²) >= 11 is 0. The zero-order valence-corrected chi connectivity index (χ0v) is 16.6. The Labute approximate surface area is 173 Å². The number of hydrogen-bond acceptors (Lipinski definition) is 8. The van der Waals surface area contributed by atoms with Crippen molar-refractivity contribution >= 4 is 22.8 Å². The third kappa shape index (κ3) is 3.79. The summed E-state index contributed by atoms with van der Waals surface area (Å²) in [6.45, 7) is 1.83. The van der Waals surface area contributed by atoms with E-state index in [1.54, 1.807) is 18.7 Å². The van der Waals surface area contributed by atoms with E-state index in [1.807, 2.05) is 34.9 Å². The molecule has 0 bridgehead atoms. The second-order valence-corrected chi connectivity index (χ2v) is 7.31. The first kappa shape index (κ1) is 18.4. The molecular weight excluding hydrogens is 380 g/mol. The number of nitrogens with one attached hydrogen (secondary N) is 1. The van der Waals surface area contributed by atoms with E-state index in [4.69, 9.17) is 4.74 Å². The van der Waals surface area contributed by atoms with Crippen LogP contribution in [-0.2, 0) is 0 Å². The van der Waals surface area contributed by atoms with E-state index in [-0.39, 0.29) is 0 Å². The van der Waals surface area contributed by atoms with Crippen molar-refractivity contribution in [1.29, 1.82) is 0 Å². The Morgan fingerprint density at radius 1 is 1.10 bits per heavy atom. The Bertz CT molecular complexity index is 1140. The van der Waals surface area contributed by atoms with Gasteiger partial charge in [-0.05, 0) is 50.7 Å². The highest BCUT2D eigenvalue weighted by molar-refractivity contribution is 5.72. The minimum absolute atomic E-state index is 0.483. The van der Waals surface area contributed by atoms with Gasteiger partial charge < -0.3 is 15.0 Å². The first-order valence-electron chi connectivity index (χ1n) is 9.93. The third-order valence-electron chi connectivity index (χ3n) is 5.33. The number of pyridine rings is 2. The molecule has 0 radical (unpaired) electrons. The van der Waals surface area contributed by atoms with Crippen LogP contribution in [0.1, 0.15) is 12.8 Å². The molecule has 1 saturated heterocycles. The molecule has 30 heavy (non-hydrogen) atoms. The summed E-state index contributed by atoms with van der Waals surface area (Å²) in [6.07, 6.45) is 9.08. The number of aromatic nitrogens is 6. The fourth-order valence-electron chi connectivity index (χ4n) is 3.63. The van der Waals surface area contributed by atoms with E-state index in [1.165, 1.54) is 19.2 Å². The van der Waals surface area contributed by atoms with Crippen LogP contribution in [0.25, 0.3) is 17.0 Å². The number of anilines is 2. The maximum absolute atomic E-state index is 5.90. The van der Waals surface area contributed by atoms with Crippen LogP contribution < -0.4 is 10.1 Å². The van der Waals surface area contributed by atoms with E-state index in [9.17, 15) is 0 Å². The molecule has 1 aliphatic heterocycles. The minimum atomic E-state index is 0.483. The van der Waals surface area contributed by atoms with E-state index < -0.39 is 0 Å². The molecule has 0 aliphatic carbocycles. The summed E-state index contributed by atoms with van der Waals surface area (Å²) in [5.74, 6) is 2.78. The Balaban J connectivity index is 1.27.